The Morgan fingerprint density at radius 3 is 2.40 bits per heavy atom. The minimum atomic E-state index is -1.62. The van der Waals surface area contributed by atoms with Crippen molar-refractivity contribution in [1.29, 1.82) is 0 Å². The third-order valence-corrected chi connectivity index (χ3v) is 2.72. The van der Waals surface area contributed by atoms with E-state index in [0.29, 0.717) is 17.8 Å². The van der Waals surface area contributed by atoms with Gasteiger partial charge in [0, 0.05) is 18.8 Å². The minimum absolute atomic E-state index is 0.228. The van der Waals surface area contributed by atoms with E-state index in [0.717, 1.165) is 4.90 Å². The van der Waals surface area contributed by atoms with Gasteiger partial charge in [0.2, 0.25) is 0 Å². The Labute approximate surface area is 112 Å². The first-order chi connectivity index (χ1) is 9.41. The number of pyridine rings is 1. The molecule has 1 heterocycles. The summed E-state index contributed by atoms with van der Waals surface area (Å²) in [4.78, 5) is 17.0. The van der Waals surface area contributed by atoms with Crippen molar-refractivity contribution in [2.45, 2.75) is 0 Å². The maximum Gasteiger partial charge on any atom is 0.258 e. The molecule has 1 amide bonds. The Bertz CT molecular complexity index is 653. The lowest BCUT2D eigenvalue weighted by Crippen LogP contribution is -2.27. The van der Waals surface area contributed by atoms with Gasteiger partial charge < -0.3 is 10.6 Å². The van der Waals surface area contributed by atoms with E-state index in [1.165, 1.54) is 25.5 Å². The molecule has 2 N–H and O–H groups in total. The summed E-state index contributed by atoms with van der Waals surface area (Å²) in [6, 6.07) is 2.74. The highest BCUT2D eigenvalue weighted by Gasteiger charge is 2.19. The Morgan fingerprint density at radius 1 is 1.25 bits per heavy atom. The molecule has 0 saturated carbocycles. The molecular weight excluding hydrogens is 271 g/mol. The van der Waals surface area contributed by atoms with E-state index >= 15 is 0 Å². The molecule has 1 aromatic heterocycles. The molecule has 104 valence electrons. The van der Waals surface area contributed by atoms with Crippen molar-refractivity contribution < 1.29 is 18.0 Å². The number of nitrogens with two attached hydrogens (primary N) is 1. The summed E-state index contributed by atoms with van der Waals surface area (Å²) in [5.74, 6) is -5.19. The van der Waals surface area contributed by atoms with E-state index < -0.39 is 23.4 Å². The van der Waals surface area contributed by atoms with E-state index in [9.17, 15) is 18.0 Å². The predicted octanol–water partition coefficient (Wildman–Crippen LogP) is 2.36. The van der Waals surface area contributed by atoms with Crippen LogP contribution in [-0.2, 0) is 0 Å². The lowest BCUT2D eigenvalue weighted by atomic mass is 10.1. The maximum absolute atomic E-state index is 13.1. The van der Waals surface area contributed by atoms with Crippen LogP contribution in [0.25, 0.3) is 0 Å². The van der Waals surface area contributed by atoms with Crippen LogP contribution in [0.2, 0.25) is 0 Å². The zero-order chi connectivity index (χ0) is 14.9. The monoisotopic (exact) mass is 281 g/mol. The normalized spacial score (nSPS) is 10.4. The van der Waals surface area contributed by atoms with Gasteiger partial charge >= 0.3 is 0 Å². The van der Waals surface area contributed by atoms with E-state index in [1.54, 1.807) is 0 Å². The first-order valence-corrected chi connectivity index (χ1v) is 5.54. The van der Waals surface area contributed by atoms with Crippen molar-refractivity contribution in [2.75, 3.05) is 17.7 Å². The predicted molar refractivity (Wildman–Crippen MR) is 67.7 cm³/mol. The largest absolute Gasteiger partial charge is 0.396 e. The quantitative estimate of drug-likeness (QED) is 0.860. The van der Waals surface area contributed by atoms with Crippen molar-refractivity contribution in [3.8, 4) is 0 Å². The van der Waals surface area contributed by atoms with Crippen LogP contribution in [0.15, 0.2) is 30.6 Å². The van der Waals surface area contributed by atoms with Gasteiger partial charge in [0.1, 0.15) is 0 Å². The van der Waals surface area contributed by atoms with Gasteiger partial charge in [-0.05, 0) is 18.2 Å². The fourth-order valence-electron chi connectivity index (χ4n) is 1.69. The third-order valence-electron chi connectivity index (χ3n) is 2.72. The van der Waals surface area contributed by atoms with Crippen LogP contribution >= 0.6 is 0 Å². The molecule has 0 fully saturated rings. The maximum atomic E-state index is 13.1. The van der Waals surface area contributed by atoms with Crippen LogP contribution in [0.4, 0.5) is 24.5 Å². The molecule has 2 aromatic rings. The Balaban J connectivity index is 2.39. The number of carbonyl (C=O) groups is 1. The average molecular weight is 281 g/mol. The lowest BCUT2D eigenvalue weighted by molar-refractivity contribution is 0.0992. The molecule has 0 radical (unpaired) electrons. The van der Waals surface area contributed by atoms with Gasteiger partial charge in [0.15, 0.2) is 17.5 Å². The van der Waals surface area contributed by atoms with Crippen molar-refractivity contribution in [3.05, 3.63) is 53.6 Å². The summed E-state index contributed by atoms with van der Waals surface area (Å²) in [5, 5.41) is 0. The second kappa shape index (κ2) is 5.20. The molecule has 4 nitrogen and oxygen atoms in total. The standard InChI is InChI=1S/C13H10F3N3O/c1-19(11-2-3-18-6-10(11)17)13(20)7-4-8(14)12(16)9(15)5-7/h2-6H,17H2,1H3. The first kappa shape index (κ1) is 13.9. The van der Waals surface area contributed by atoms with Gasteiger partial charge in [-0.3, -0.25) is 9.78 Å². The Hall–Kier alpha value is -2.57. The molecule has 0 aliphatic carbocycles. The minimum Gasteiger partial charge on any atom is -0.396 e. The number of anilines is 2. The molecule has 0 aliphatic rings. The Kier molecular flexibility index (Phi) is 3.60. The number of benzene rings is 1. The highest BCUT2D eigenvalue weighted by atomic mass is 19.2. The molecule has 0 saturated heterocycles. The average Bonchev–Trinajstić information content (AvgIpc) is 2.43. The van der Waals surface area contributed by atoms with Crippen LogP contribution in [-0.4, -0.2) is 17.9 Å². The summed E-state index contributed by atoms with van der Waals surface area (Å²) in [6.07, 6.45) is 2.76. The van der Waals surface area contributed by atoms with Crippen LogP contribution in [0.5, 0.6) is 0 Å². The Morgan fingerprint density at radius 2 is 1.85 bits per heavy atom. The second-order valence-electron chi connectivity index (χ2n) is 4.05. The highest BCUT2D eigenvalue weighted by Crippen LogP contribution is 2.23. The van der Waals surface area contributed by atoms with Gasteiger partial charge in [-0.2, -0.15) is 0 Å². The van der Waals surface area contributed by atoms with E-state index in [2.05, 4.69) is 4.98 Å². The second-order valence-corrected chi connectivity index (χ2v) is 4.05. The highest BCUT2D eigenvalue weighted by molar-refractivity contribution is 6.07. The number of carbonyl (C=O) groups excluding carboxylic acids is 1. The molecule has 7 heteroatoms. The van der Waals surface area contributed by atoms with Crippen molar-refractivity contribution in [2.24, 2.45) is 0 Å². The SMILES string of the molecule is CN(C(=O)c1cc(F)c(F)c(F)c1)c1ccncc1N. The van der Waals surface area contributed by atoms with E-state index in [4.69, 9.17) is 5.73 Å². The molecule has 0 bridgehead atoms. The smallest absolute Gasteiger partial charge is 0.258 e. The van der Waals surface area contributed by atoms with Gasteiger partial charge in [-0.15, -0.1) is 0 Å². The molecule has 0 aliphatic heterocycles. The summed E-state index contributed by atoms with van der Waals surface area (Å²) < 4.78 is 39.1. The molecule has 0 spiro atoms. The summed E-state index contributed by atoms with van der Waals surface area (Å²) in [7, 11) is 1.38. The lowest BCUT2D eigenvalue weighted by Gasteiger charge is -2.19. The fraction of sp³-hybridized carbons (Fsp3) is 0.0769. The van der Waals surface area contributed by atoms with Gasteiger partial charge in [-0.1, -0.05) is 0 Å². The number of hydrogen-bond donors (Lipinski definition) is 1. The number of rotatable bonds is 2. The van der Waals surface area contributed by atoms with Crippen LogP contribution in [0, 0.1) is 17.5 Å². The molecule has 2 rings (SSSR count). The zero-order valence-electron chi connectivity index (χ0n) is 10.4. The van der Waals surface area contributed by atoms with E-state index in [-0.39, 0.29) is 11.3 Å². The van der Waals surface area contributed by atoms with Crippen molar-refractivity contribution >= 4 is 17.3 Å². The number of nitrogen functional groups attached to an aromatic ring is 1. The summed E-state index contributed by atoms with van der Waals surface area (Å²) in [6.45, 7) is 0. The molecule has 20 heavy (non-hydrogen) atoms. The molecular formula is C13H10F3N3O. The zero-order valence-corrected chi connectivity index (χ0v) is 10.4. The molecule has 0 atom stereocenters. The van der Waals surface area contributed by atoms with Crippen molar-refractivity contribution in [3.63, 3.8) is 0 Å². The summed E-state index contributed by atoms with van der Waals surface area (Å²) in [5.41, 5.74) is 5.89. The number of amides is 1. The third kappa shape index (κ3) is 2.42. The number of aromatic nitrogens is 1. The van der Waals surface area contributed by atoms with E-state index in [1.807, 2.05) is 0 Å². The first-order valence-electron chi connectivity index (χ1n) is 5.54. The van der Waals surface area contributed by atoms with Crippen molar-refractivity contribution in [1.82, 2.24) is 4.98 Å². The number of halogens is 3. The van der Waals surface area contributed by atoms with Gasteiger partial charge in [0.05, 0.1) is 17.6 Å². The van der Waals surface area contributed by atoms with Gasteiger partial charge in [0.25, 0.3) is 5.91 Å². The van der Waals surface area contributed by atoms with Crippen LogP contribution < -0.4 is 10.6 Å². The topological polar surface area (TPSA) is 59.2 Å². The fourth-order valence-corrected chi connectivity index (χ4v) is 1.69. The molecule has 0 unspecified atom stereocenters. The van der Waals surface area contributed by atoms with Crippen LogP contribution in [0.1, 0.15) is 10.4 Å². The summed E-state index contributed by atoms with van der Waals surface area (Å²) >= 11 is 0. The van der Waals surface area contributed by atoms with Gasteiger partial charge in [-0.25, -0.2) is 13.2 Å². The number of hydrogen-bond acceptors (Lipinski definition) is 3. The molecule has 1 aromatic carbocycles. The van der Waals surface area contributed by atoms with Crippen LogP contribution in [0.3, 0.4) is 0 Å². The number of nitrogens with zero attached hydrogens (tertiary/aromatic N) is 2.